The molecule has 2 aromatic carbocycles. The first kappa shape index (κ1) is 43.9. The largest absolute Gasteiger partial charge is 2.00 e. The van der Waals surface area contributed by atoms with Crippen LogP contribution in [0.25, 0.3) is 0 Å². The molecule has 1 atom stereocenters. The predicted octanol–water partition coefficient (Wildman–Crippen LogP) is 5.44. The minimum atomic E-state index is -4.63. The van der Waals surface area contributed by atoms with E-state index in [-0.39, 0.29) is 60.5 Å². The third-order valence-electron chi connectivity index (χ3n) is 7.65. The molecule has 7 N–H and O–H groups in total. The summed E-state index contributed by atoms with van der Waals surface area (Å²) >= 11 is 0. The van der Waals surface area contributed by atoms with E-state index < -0.39 is 33.8 Å². The van der Waals surface area contributed by atoms with Gasteiger partial charge in [-0.3, -0.25) is 23.7 Å². The molecule has 276 valence electrons. The van der Waals surface area contributed by atoms with Crippen LogP contribution in [0.1, 0.15) is 36.8 Å². The summed E-state index contributed by atoms with van der Waals surface area (Å²) in [6.07, 6.45) is 21.1. The van der Waals surface area contributed by atoms with Gasteiger partial charge in [0.25, 0.3) is 0 Å². The summed E-state index contributed by atoms with van der Waals surface area (Å²) in [7, 11) is -9.21. The second-order valence-corrected chi connectivity index (χ2v) is 15.1. The van der Waals surface area contributed by atoms with Gasteiger partial charge < -0.3 is 35.1 Å². The molecule has 0 aromatic heterocycles. The molecular formula is C36H47FeN3O9P2+2. The fourth-order valence-corrected chi connectivity index (χ4v) is 6.87. The Kier molecular flexibility index (Phi) is 19.4. The second kappa shape index (κ2) is 22.6. The molecule has 0 radical (unpaired) electrons. The van der Waals surface area contributed by atoms with E-state index in [1.54, 1.807) is 36.4 Å². The van der Waals surface area contributed by atoms with E-state index >= 15 is 0 Å². The van der Waals surface area contributed by atoms with Crippen molar-refractivity contribution in [3.8, 4) is 11.5 Å². The summed E-state index contributed by atoms with van der Waals surface area (Å²) < 4.78 is 24.5. The van der Waals surface area contributed by atoms with E-state index in [4.69, 9.17) is 0 Å². The number of nitrogens with zero attached hydrogens (tertiary/aromatic N) is 2. The van der Waals surface area contributed by atoms with E-state index in [0.29, 0.717) is 36.9 Å². The molecule has 12 nitrogen and oxygen atoms in total. The molecule has 0 heterocycles. The van der Waals surface area contributed by atoms with E-state index in [1.165, 1.54) is 21.9 Å². The van der Waals surface area contributed by atoms with Crippen molar-refractivity contribution in [2.24, 2.45) is 0 Å². The van der Waals surface area contributed by atoms with Crippen LogP contribution in [-0.4, -0.2) is 77.2 Å². The van der Waals surface area contributed by atoms with Gasteiger partial charge in [-0.1, -0.05) is 110 Å². The van der Waals surface area contributed by atoms with Gasteiger partial charge >= 0.3 is 32.3 Å². The Morgan fingerprint density at radius 3 is 1.76 bits per heavy atom. The minimum Gasteiger partial charge on any atom is -0.508 e. The third-order valence-corrected chi connectivity index (χ3v) is 9.15. The fraction of sp³-hybridized carbons (Fsp3) is 0.306. The molecule has 15 heteroatoms. The van der Waals surface area contributed by atoms with Gasteiger partial charge in [0.1, 0.15) is 24.1 Å². The Bertz CT molecular complexity index is 1650. The number of amides is 1. The van der Waals surface area contributed by atoms with Crippen LogP contribution in [0.3, 0.4) is 0 Å². The molecule has 2 aromatic rings. The van der Waals surface area contributed by atoms with Crippen LogP contribution in [0, 0.1) is 0 Å². The normalized spacial score (nSPS) is 17.3. The molecule has 1 aliphatic carbocycles. The first-order chi connectivity index (χ1) is 23.8. The number of carbonyl (C=O) groups is 1. The number of hydrogen-bond donors (Lipinski definition) is 7. The van der Waals surface area contributed by atoms with Gasteiger partial charge in [0, 0.05) is 49.8 Å². The number of aromatic hydroxyl groups is 2. The van der Waals surface area contributed by atoms with Crippen LogP contribution in [-0.2, 0) is 44.1 Å². The Hall–Kier alpha value is -3.31. The van der Waals surface area contributed by atoms with Crippen molar-refractivity contribution in [1.82, 2.24) is 15.1 Å². The maximum Gasteiger partial charge on any atom is 2.00 e. The summed E-state index contributed by atoms with van der Waals surface area (Å²) in [6, 6.07) is 12.2. The van der Waals surface area contributed by atoms with E-state index in [1.807, 2.05) is 66.8 Å². The summed E-state index contributed by atoms with van der Waals surface area (Å²) in [5, 5.41) is 23.7. The zero-order valence-electron chi connectivity index (χ0n) is 28.2. The Morgan fingerprint density at radius 1 is 0.725 bits per heavy atom. The topological polar surface area (TPSA) is 191 Å². The summed E-state index contributed by atoms with van der Waals surface area (Å²) in [5.41, 5.74) is 1.72. The average Bonchev–Trinajstić information content (AvgIpc) is 3.09. The number of phenolic OH excluding ortho intramolecular Hbond substituents is 2. The molecule has 1 aliphatic rings. The molecule has 3 rings (SSSR count). The Balaban J connectivity index is 0.00000901. The Labute approximate surface area is 310 Å². The standard InChI is InChI=1S/C36H47N3O9P2.Fe/c40-34-20-11-9-17-31(34)25-38(28-49(43,44)45)27-33(39(29-50(46,47)48)26-32-18-10-12-21-35(32)41)19-13-14-24-37-36(42)23-22-30-15-7-5-3-1-2-4-6-8-16-30;/h1-12,15-18,20-22,33,40-41H,13-14,19,23-29H2,(H,37,42)(H2,43,44,45)(H2,46,47,48);/q;+2/b2-1-,5-3-,6-4-,15-7-,16-8?,30-22?;. The smallest absolute Gasteiger partial charge is 0.508 e. The number of allylic oxidation sites excluding steroid dienone is 11. The first-order valence-electron chi connectivity index (χ1n) is 16.2. The zero-order valence-corrected chi connectivity index (χ0v) is 31.1. The number of unbranched alkanes of at least 4 members (excludes halogenated alkanes) is 1. The van der Waals surface area contributed by atoms with Crippen LogP contribution >= 0.6 is 15.2 Å². The molecule has 1 amide bonds. The van der Waals surface area contributed by atoms with E-state index in [9.17, 15) is 43.7 Å². The molecule has 0 spiro atoms. The van der Waals surface area contributed by atoms with Crippen molar-refractivity contribution in [3.05, 3.63) is 132 Å². The molecule has 0 fully saturated rings. The third kappa shape index (κ3) is 18.7. The first-order valence-corrected chi connectivity index (χ1v) is 19.8. The SMILES string of the molecule is O=C(CC=C1C=C\C=C/C=C\C=C/C=C\1)NCCCCC(CN(Cc1ccccc1O)CP(=O)(O)O)N(Cc1ccccc1O)CP(=O)(O)O.[Fe+2]. The molecule has 0 saturated carbocycles. The van der Waals surface area contributed by atoms with Gasteiger partial charge in [-0.05, 0) is 30.5 Å². The van der Waals surface area contributed by atoms with Gasteiger partial charge in [-0.2, -0.15) is 0 Å². The minimum absolute atomic E-state index is 0. The number of phenols is 2. The van der Waals surface area contributed by atoms with Gasteiger partial charge in [0.2, 0.25) is 5.91 Å². The predicted molar refractivity (Wildman–Crippen MR) is 195 cm³/mol. The van der Waals surface area contributed by atoms with Gasteiger partial charge in [0.05, 0.1) is 0 Å². The number of carbonyl (C=O) groups excluding carboxylic acids is 1. The number of nitrogens with one attached hydrogen (secondary N) is 1. The molecule has 0 saturated heterocycles. The van der Waals surface area contributed by atoms with Crippen LogP contribution in [0.15, 0.2) is 121 Å². The number of para-hydroxylation sites is 2. The molecule has 51 heavy (non-hydrogen) atoms. The molecule has 0 bridgehead atoms. The number of benzene rings is 2. The van der Waals surface area contributed by atoms with Crippen LogP contribution < -0.4 is 5.32 Å². The van der Waals surface area contributed by atoms with E-state index in [2.05, 4.69) is 5.32 Å². The molecule has 0 aliphatic heterocycles. The summed E-state index contributed by atoms with van der Waals surface area (Å²) in [6.45, 7) is 0.251. The summed E-state index contributed by atoms with van der Waals surface area (Å²) in [4.78, 5) is 55.5. The fourth-order valence-electron chi connectivity index (χ4n) is 5.33. The molecule has 1 unspecified atom stereocenters. The maximum absolute atomic E-state index is 12.6. The number of rotatable bonds is 18. The van der Waals surface area contributed by atoms with Crippen LogP contribution in [0.4, 0.5) is 0 Å². The van der Waals surface area contributed by atoms with Crippen molar-refractivity contribution in [3.63, 3.8) is 0 Å². The monoisotopic (exact) mass is 783 g/mol. The zero-order chi connectivity index (χ0) is 36.4. The van der Waals surface area contributed by atoms with Crippen LogP contribution in [0.2, 0.25) is 0 Å². The van der Waals surface area contributed by atoms with Crippen molar-refractivity contribution < 1.29 is 60.8 Å². The van der Waals surface area contributed by atoms with Crippen LogP contribution in [0.5, 0.6) is 11.5 Å². The summed E-state index contributed by atoms with van der Waals surface area (Å²) in [5.74, 6) is -0.282. The van der Waals surface area contributed by atoms with Crippen molar-refractivity contribution >= 4 is 21.1 Å². The van der Waals surface area contributed by atoms with Crippen molar-refractivity contribution in [2.45, 2.75) is 44.8 Å². The average molecular weight is 784 g/mol. The quantitative estimate of drug-likeness (QED) is 0.0580. The second-order valence-electron chi connectivity index (χ2n) is 11.9. The van der Waals surface area contributed by atoms with Crippen molar-refractivity contribution in [1.29, 1.82) is 0 Å². The Morgan fingerprint density at radius 2 is 1.24 bits per heavy atom. The molecular weight excluding hydrogens is 736 g/mol. The van der Waals surface area contributed by atoms with Crippen molar-refractivity contribution in [2.75, 3.05) is 25.7 Å². The van der Waals surface area contributed by atoms with E-state index in [0.717, 1.165) is 5.57 Å². The van der Waals surface area contributed by atoms with Gasteiger partial charge in [-0.25, -0.2) is 0 Å². The van der Waals surface area contributed by atoms with Gasteiger partial charge in [-0.15, -0.1) is 0 Å². The number of hydrogen-bond acceptors (Lipinski definition) is 7. The maximum atomic E-state index is 12.6. The van der Waals surface area contributed by atoms with Gasteiger partial charge in [0.15, 0.2) is 0 Å².